The minimum Gasteiger partial charge on any atom is -0.384 e. The van der Waals surface area contributed by atoms with Crippen molar-refractivity contribution in [3.8, 4) is 0 Å². The minimum absolute atomic E-state index is 0.0630. The van der Waals surface area contributed by atoms with Crippen molar-refractivity contribution in [2.45, 2.75) is 10.1 Å². The third kappa shape index (κ3) is 2.23. The van der Waals surface area contributed by atoms with Crippen molar-refractivity contribution in [1.29, 1.82) is 5.41 Å². The predicted octanol–water partition coefficient (Wildman–Crippen LogP) is 2.82. The Morgan fingerprint density at radius 3 is 2.85 bits per heavy atom. The average molecular weight is 304 g/mol. The topological polar surface area (TPSA) is 80.1 Å². The van der Waals surface area contributed by atoms with Crippen LogP contribution in [0.5, 0.6) is 0 Å². The molecule has 0 unspecified atom stereocenters. The molecule has 20 heavy (non-hydrogen) atoms. The number of hydrogen-bond donors (Lipinski definition) is 2. The van der Waals surface area contributed by atoms with E-state index in [1.165, 1.54) is 11.8 Å². The fraction of sp³-hybridized carbons (Fsp3) is 0. The van der Waals surface area contributed by atoms with Crippen LogP contribution in [0.1, 0.15) is 5.56 Å². The maximum Gasteiger partial charge on any atom is 0.200 e. The van der Waals surface area contributed by atoms with Crippen molar-refractivity contribution < 1.29 is 0 Å². The molecular formula is C13H10ClN5S. The number of fused-ring (bicyclic) bond motifs is 1. The van der Waals surface area contributed by atoms with Crippen LogP contribution in [-0.4, -0.2) is 20.4 Å². The number of nitrogen functional groups attached to an aromatic ring is 1. The molecular weight excluding hydrogens is 294 g/mol. The van der Waals surface area contributed by atoms with Crippen molar-refractivity contribution in [3.63, 3.8) is 0 Å². The highest BCUT2D eigenvalue weighted by Gasteiger charge is 2.14. The first-order valence-corrected chi connectivity index (χ1v) is 6.97. The lowest BCUT2D eigenvalue weighted by molar-refractivity contribution is 0.921. The lowest BCUT2D eigenvalue weighted by Crippen LogP contribution is -2.13. The van der Waals surface area contributed by atoms with E-state index in [1.807, 2.05) is 40.9 Å². The van der Waals surface area contributed by atoms with Crippen molar-refractivity contribution in [1.82, 2.24) is 14.6 Å². The summed E-state index contributed by atoms with van der Waals surface area (Å²) in [6.07, 6.45) is 1.88. The maximum atomic E-state index is 7.65. The van der Waals surface area contributed by atoms with Gasteiger partial charge in [-0.25, -0.2) is 0 Å². The van der Waals surface area contributed by atoms with Crippen LogP contribution in [0.15, 0.2) is 52.6 Å². The number of rotatable bonds is 3. The Morgan fingerprint density at radius 1 is 1.20 bits per heavy atom. The van der Waals surface area contributed by atoms with E-state index >= 15 is 0 Å². The van der Waals surface area contributed by atoms with Crippen LogP contribution < -0.4 is 5.73 Å². The largest absolute Gasteiger partial charge is 0.384 e. The minimum atomic E-state index is -0.0630. The monoisotopic (exact) mass is 303 g/mol. The number of aromatic nitrogens is 3. The number of hydrogen-bond acceptors (Lipinski definition) is 4. The van der Waals surface area contributed by atoms with E-state index in [0.29, 0.717) is 15.7 Å². The van der Waals surface area contributed by atoms with E-state index in [2.05, 4.69) is 10.2 Å². The first-order chi connectivity index (χ1) is 9.66. The molecule has 0 aliphatic carbocycles. The molecule has 0 radical (unpaired) electrons. The fourth-order valence-corrected chi connectivity index (χ4v) is 3.17. The number of nitrogens with two attached hydrogens (primary N) is 1. The normalized spacial score (nSPS) is 10.8. The number of halogens is 1. The molecule has 0 fully saturated rings. The SMILES string of the molecule is N=C(N)c1c(Cl)cccc1Sc1nnc2ccccn12. The lowest BCUT2D eigenvalue weighted by Gasteiger charge is -2.08. The summed E-state index contributed by atoms with van der Waals surface area (Å²) in [6.45, 7) is 0. The summed E-state index contributed by atoms with van der Waals surface area (Å²) >= 11 is 7.48. The molecule has 5 nitrogen and oxygen atoms in total. The Labute approximate surface area is 124 Å². The Balaban J connectivity index is 2.08. The molecule has 3 rings (SSSR count). The van der Waals surface area contributed by atoms with E-state index in [4.69, 9.17) is 22.7 Å². The summed E-state index contributed by atoms with van der Waals surface area (Å²) in [5.41, 5.74) is 6.89. The van der Waals surface area contributed by atoms with E-state index in [0.717, 1.165) is 10.5 Å². The molecule has 100 valence electrons. The quantitative estimate of drug-likeness (QED) is 0.576. The van der Waals surface area contributed by atoms with Gasteiger partial charge >= 0.3 is 0 Å². The van der Waals surface area contributed by atoms with Gasteiger partial charge in [-0.3, -0.25) is 9.81 Å². The molecule has 0 spiro atoms. The zero-order chi connectivity index (χ0) is 14.1. The first kappa shape index (κ1) is 13.0. The molecule has 0 aliphatic heterocycles. The molecule has 7 heteroatoms. The molecule has 2 aromatic heterocycles. The number of nitrogens with zero attached hydrogens (tertiary/aromatic N) is 3. The van der Waals surface area contributed by atoms with Gasteiger partial charge in [0.15, 0.2) is 10.8 Å². The average Bonchev–Trinajstić information content (AvgIpc) is 2.82. The van der Waals surface area contributed by atoms with Crippen LogP contribution in [-0.2, 0) is 0 Å². The summed E-state index contributed by atoms with van der Waals surface area (Å²) in [7, 11) is 0. The van der Waals surface area contributed by atoms with E-state index in [1.54, 1.807) is 6.07 Å². The second-order valence-electron chi connectivity index (χ2n) is 4.04. The van der Waals surface area contributed by atoms with Gasteiger partial charge in [0.05, 0.1) is 5.02 Å². The molecule has 0 bridgehead atoms. The third-order valence-corrected chi connectivity index (χ3v) is 4.06. The van der Waals surface area contributed by atoms with Crippen LogP contribution in [0.25, 0.3) is 5.65 Å². The first-order valence-electron chi connectivity index (χ1n) is 5.77. The Morgan fingerprint density at radius 2 is 2.05 bits per heavy atom. The van der Waals surface area contributed by atoms with Gasteiger partial charge in [-0.15, -0.1) is 10.2 Å². The Kier molecular flexibility index (Phi) is 3.33. The second-order valence-corrected chi connectivity index (χ2v) is 5.46. The molecule has 0 saturated carbocycles. The predicted molar refractivity (Wildman–Crippen MR) is 79.6 cm³/mol. The molecule has 1 aromatic carbocycles. The molecule has 0 aliphatic rings. The van der Waals surface area contributed by atoms with Gasteiger partial charge in [-0.05, 0) is 36.0 Å². The molecule has 3 N–H and O–H groups in total. The highest BCUT2D eigenvalue weighted by atomic mass is 35.5. The van der Waals surface area contributed by atoms with Gasteiger partial charge in [-0.2, -0.15) is 0 Å². The Bertz CT molecular complexity index is 798. The van der Waals surface area contributed by atoms with Gasteiger partial charge < -0.3 is 5.73 Å². The van der Waals surface area contributed by atoms with Crippen molar-refractivity contribution in [2.75, 3.05) is 0 Å². The van der Waals surface area contributed by atoms with E-state index < -0.39 is 0 Å². The van der Waals surface area contributed by atoms with Gasteiger partial charge in [0, 0.05) is 16.7 Å². The molecule has 2 heterocycles. The number of amidine groups is 1. The summed E-state index contributed by atoms with van der Waals surface area (Å²) in [5, 5.41) is 17.0. The standard InChI is InChI=1S/C13H10ClN5S/c14-8-4-3-5-9(11(8)12(15)16)20-13-18-17-10-6-1-2-7-19(10)13/h1-7H,(H3,15,16). The molecule has 0 saturated heterocycles. The van der Waals surface area contributed by atoms with E-state index in [9.17, 15) is 0 Å². The van der Waals surface area contributed by atoms with E-state index in [-0.39, 0.29) is 5.84 Å². The zero-order valence-corrected chi connectivity index (χ0v) is 11.8. The maximum absolute atomic E-state index is 7.65. The molecule has 0 atom stereocenters. The van der Waals surface area contributed by atoms with Crippen LogP contribution in [0.2, 0.25) is 5.02 Å². The van der Waals surface area contributed by atoms with Crippen molar-refractivity contribution in [3.05, 3.63) is 53.2 Å². The number of pyridine rings is 1. The summed E-state index contributed by atoms with van der Waals surface area (Å²) < 4.78 is 1.87. The van der Waals surface area contributed by atoms with Crippen LogP contribution >= 0.6 is 23.4 Å². The number of nitrogens with one attached hydrogen (secondary N) is 1. The van der Waals surface area contributed by atoms with Gasteiger partial charge in [-0.1, -0.05) is 23.7 Å². The second kappa shape index (κ2) is 5.15. The van der Waals surface area contributed by atoms with Gasteiger partial charge in [0.1, 0.15) is 5.84 Å². The van der Waals surface area contributed by atoms with Crippen molar-refractivity contribution >= 4 is 34.8 Å². The summed E-state index contributed by atoms with van der Waals surface area (Å²) in [6, 6.07) is 11.1. The Hall–Kier alpha value is -2.05. The van der Waals surface area contributed by atoms with Crippen LogP contribution in [0.3, 0.4) is 0 Å². The fourth-order valence-electron chi connectivity index (χ4n) is 1.84. The van der Waals surface area contributed by atoms with Gasteiger partial charge in [0.2, 0.25) is 0 Å². The van der Waals surface area contributed by atoms with Crippen molar-refractivity contribution in [2.24, 2.45) is 5.73 Å². The lowest BCUT2D eigenvalue weighted by atomic mass is 10.2. The summed E-state index contributed by atoms with van der Waals surface area (Å²) in [5.74, 6) is -0.0630. The smallest absolute Gasteiger partial charge is 0.200 e. The van der Waals surface area contributed by atoms with Crippen LogP contribution in [0, 0.1) is 5.41 Å². The highest BCUT2D eigenvalue weighted by molar-refractivity contribution is 7.99. The highest BCUT2D eigenvalue weighted by Crippen LogP contribution is 2.32. The number of benzene rings is 1. The molecule has 0 amide bonds. The molecule has 3 aromatic rings. The zero-order valence-electron chi connectivity index (χ0n) is 10.2. The summed E-state index contributed by atoms with van der Waals surface area (Å²) in [4.78, 5) is 0.781. The van der Waals surface area contributed by atoms with Crippen LogP contribution in [0.4, 0.5) is 0 Å². The third-order valence-electron chi connectivity index (χ3n) is 2.73. The van der Waals surface area contributed by atoms with Gasteiger partial charge in [0.25, 0.3) is 0 Å².